The van der Waals surface area contributed by atoms with Crippen LogP contribution in [0.3, 0.4) is 0 Å². The number of aryl methyl sites for hydroxylation is 1. The monoisotopic (exact) mass is 418 g/mol. The molecule has 0 spiro atoms. The number of aromatic nitrogens is 2. The van der Waals surface area contributed by atoms with Gasteiger partial charge in [0, 0.05) is 48.7 Å². The SMILES string of the molecule is CC(=O)O.N=C(N)c1ccc(-c2cn3c(n2)CCC(c2ccc(C(=N)N)cc2)C3)cc1. The van der Waals surface area contributed by atoms with Crippen LogP contribution in [0.1, 0.15) is 41.8 Å². The number of fused-ring (bicyclic) bond motifs is 1. The fourth-order valence-corrected chi connectivity index (χ4v) is 3.61. The largest absolute Gasteiger partial charge is 0.481 e. The third-order valence-corrected chi connectivity index (χ3v) is 5.18. The Morgan fingerprint density at radius 1 is 1.03 bits per heavy atom. The minimum Gasteiger partial charge on any atom is -0.481 e. The molecule has 8 nitrogen and oxygen atoms in total. The summed E-state index contributed by atoms with van der Waals surface area (Å²) in [6.45, 7) is 1.98. The third kappa shape index (κ3) is 5.36. The van der Waals surface area contributed by atoms with E-state index in [0.29, 0.717) is 5.92 Å². The number of nitrogens with one attached hydrogen (secondary N) is 2. The van der Waals surface area contributed by atoms with E-state index in [-0.39, 0.29) is 11.7 Å². The molecule has 160 valence electrons. The lowest BCUT2D eigenvalue weighted by molar-refractivity contribution is -0.134. The number of carboxylic acids is 1. The van der Waals surface area contributed by atoms with Crippen molar-refractivity contribution in [3.63, 3.8) is 0 Å². The molecule has 0 radical (unpaired) electrons. The molecule has 2 heterocycles. The number of rotatable bonds is 4. The Bertz CT molecular complexity index is 1100. The number of nitrogens with zero attached hydrogens (tertiary/aromatic N) is 2. The fourth-order valence-electron chi connectivity index (χ4n) is 3.61. The number of aliphatic carboxylic acids is 1. The summed E-state index contributed by atoms with van der Waals surface area (Å²) in [5, 5.41) is 22.4. The van der Waals surface area contributed by atoms with Crippen LogP contribution in [0.4, 0.5) is 0 Å². The zero-order valence-electron chi connectivity index (χ0n) is 17.3. The first-order chi connectivity index (χ1) is 14.7. The highest BCUT2D eigenvalue weighted by molar-refractivity contribution is 5.95. The number of amidine groups is 2. The van der Waals surface area contributed by atoms with Gasteiger partial charge < -0.3 is 21.1 Å². The lowest BCUT2D eigenvalue weighted by atomic mass is 9.91. The average Bonchev–Trinajstić information content (AvgIpc) is 3.17. The van der Waals surface area contributed by atoms with Gasteiger partial charge in [-0.3, -0.25) is 15.6 Å². The molecule has 8 heteroatoms. The molecule has 0 amide bonds. The Morgan fingerprint density at radius 3 is 2.06 bits per heavy atom. The van der Waals surface area contributed by atoms with Crippen molar-refractivity contribution in [1.82, 2.24) is 9.55 Å². The summed E-state index contributed by atoms with van der Waals surface area (Å²) in [6.07, 6.45) is 4.10. The van der Waals surface area contributed by atoms with Crippen molar-refractivity contribution >= 4 is 17.6 Å². The number of nitrogen functional groups attached to an aromatic ring is 2. The zero-order valence-corrected chi connectivity index (χ0v) is 17.3. The first kappa shape index (κ1) is 21.8. The predicted octanol–water partition coefficient (Wildman–Crippen LogP) is 2.94. The van der Waals surface area contributed by atoms with Crippen molar-refractivity contribution in [1.29, 1.82) is 10.8 Å². The molecular weight excluding hydrogens is 392 g/mol. The van der Waals surface area contributed by atoms with E-state index in [4.69, 9.17) is 37.2 Å². The summed E-state index contributed by atoms with van der Waals surface area (Å²) in [5.74, 6) is 0.879. The van der Waals surface area contributed by atoms with E-state index in [1.165, 1.54) is 5.56 Å². The maximum absolute atomic E-state index is 9.00. The molecule has 7 N–H and O–H groups in total. The molecule has 1 aromatic heterocycles. The summed E-state index contributed by atoms with van der Waals surface area (Å²) >= 11 is 0. The molecule has 0 saturated carbocycles. The first-order valence-electron chi connectivity index (χ1n) is 9.89. The van der Waals surface area contributed by atoms with Crippen LogP contribution in [0.15, 0.2) is 54.7 Å². The van der Waals surface area contributed by atoms with Gasteiger partial charge in [0.05, 0.1) is 5.69 Å². The van der Waals surface area contributed by atoms with Crippen LogP contribution in [0, 0.1) is 10.8 Å². The third-order valence-electron chi connectivity index (χ3n) is 5.18. The van der Waals surface area contributed by atoms with E-state index in [2.05, 4.69) is 22.9 Å². The van der Waals surface area contributed by atoms with E-state index in [1.807, 2.05) is 36.4 Å². The highest BCUT2D eigenvalue weighted by atomic mass is 16.4. The second kappa shape index (κ2) is 9.25. The van der Waals surface area contributed by atoms with Crippen LogP contribution in [0.5, 0.6) is 0 Å². The minimum atomic E-state index is -0.833. The van der Waals surface area contributed by atoms with Gasteiger partial charge in [-0.1, -0.05) is 48.5 Å². The summed E-state index contributed by atoms with van der Waals surface area (Å²) < 4.78 is 2.24. The van der Waals surface area contributed by atoms with E-state index in [1.54, 1.807) is 0 Å². The Hall–Kier alpha value is -3.94. The fraction of sp³-hybridized carbons (Fsp3) is 0.217. The molecule has 1 aliphatic heterocycles. The normalized spacial score (nSPS) is 14.7. The molecule has 1 aliphatic rings. The quantitative estimate of drug-likeness (QED) is 0.325. The van der Waals surface area contributed by atoms with Gasteiger partial charge in [0.1, 0.15) is 17.5 Å². The molecule has 0 saturated heterocycles. The average molecular weight is 419 g/mol. The predicted molar refractivity (Wildman–Crippen MR) is 121 cm³/mol. The maximum Gasteiger partial charge on any atom is 0.300 e. The number of imidazole rings is 1. The summed E-state index contributed by atoms with van der Waals surface area (Å²) in [4.78, 5) is 13.8. The van der Waals surface area contributed by atoms with Crippen LogP contribution in [0.25, 0.3) is 11.3 Å². The topological polar surface area (TPSA) is 155 Å². The molecule has 0 bridgehead atoms. The molecule has 4 rings (SSSR count). The second-order valence-electron chi connectivity index (χ2n) is 7.48. The van der Waals surface area contributed by atoms with E-state index in [0.717, 1.165) is 54.5 Å². The molecule has 0 fully saturated rings. The standard InChI is InChI=1S/C21H22N6.C2H4O2/c22-20(23)15-5-1-13(2-6-15)17-9-10-19-26-18(12-27(19)11-17)14-3-7-16(8-4-14)21(24)25;1-2(3)4/h1-8,12,17H,9-11H2,(H3,22,23)(H3,24,25);1H3,(H,3,4). The highest BCUT2D eigenvalue weighted by Gasteiger charge is 2.22. The molecule has 2 aromatic carbocycles. The number of nitrogens with two attached hydrogens (primary N) is 2. The van der Waals surface area contributed by atoms with Crippen molar-refractivity contribution in [3.8, 4) is 11.3 Å². The smallest absolute Gasteiger partial charge is 0.300 e. The number of hydrogen-bond donors (Lipinski definition) is 5. The first-order valence-corrected chi connectivity index (χ1v) is 9.89. The van der Waals surface area contributed by atoms with E-state index < -0.39 is 5.97 Å². The van der Waals surface area contributed by atoms with Crippen LogP contribution in [0.2, 0.25) is 0 Å². The molecule has 3 aromatic rings. The number of benzene rings is 2. The van der Waals surface area contributed by atoms with Gasteiger partial charge in [-0.15, -0.1) is 0 Å². The molecule has 1 unspecified atom stereocenters. The number of carboxylic acid groups (broad SMARTS) is 1. The number of hydrogen-bond acceptors (Lipinski definition) is 4. The molecular formula is C23H26N6O2. The van der Waals surface area contributed by atoms with Gasteiger partial charge >= 0.3 is 0 Å². The van der Waals surface area contributed by atoms with Crippen molar-refractivity contribution in [2.24, 2.45) is 11.5 Å². The van der Waals surface area contributed by atoms with Gasteiger partial charge in [0.2, 0.25) is 0 Å². The van der Waals surface area contributed by atoms with Crippen molar-refractivity contribution in [3.05, 3.63) is 77.2 Å². The van der Waals surface area contributed by atoms with Crippen LogP contribution in [-0.4, -0.2) is 32.3 Å². The minimum absolute atomic E-state index is 0.0734. The van der Waals surface area contributed by atoms with E-state index >= 15 is 0 Å². The van der Waals surface area contributed by atoms with Crippen molar-refractivity contribution in [2.75, 3.05) is 0 Å². The summed E-state index contributed by atoms with van der Waals surface area (Å²) in [7, 11) is 0. The highest BCUT2D eigenvalue weighted by Crippen LogP contribution is 2.31. The van der Waals surface area contributed by atoms with Crippen molar-refractivity contribution < 1.29 is 9.90 Å². The Balaban J connectivity index is 0.000000628. The molecule has 1 atom stereocenters. The van der Waals surface area contributed by atoms with Crippen LogP contribution >= 0.6 is 0 Å². The van der Waals surface area contributed by atoms with E-state index in [9.17, 15) is 0 Å². The zero-order chi connectivity index (χ0) is 22.5. The second-order valence-corrected chi connectivity index (χ2v) is 7.48. The van der Waals surface area contributed by atoms with Crippen LogP contribution < -0.4 is 11.5 Å². The number of carbonyl (C=O) groups is 1. The lowest BCUT2D eigenvalue weighted by Gasteiger charge is -2.24. The van der Waals surface area contributed by atoms with Gasteiger partial charge in [0.25, 0.3) is 5.97 Å². The van der Waals surface area contributed by atoms with Crippen LogP contribution in [-0.2, 0) is 17.8 Å². The molecule has 31 heavy (non-hydrogen) atoms. The maximum atomic E-state index is 9.00. The Morgan fingerprint density at radius 2 is 1.55 bits per heavy atom. The van der Waals surface area contributed by atoms with Gasteiger partial charge in [0.15, 0.2) is 0 Å². The summed E-state index contributed by atoms with van der Waals surface area (Å²) in [5.41, 5.74) is 15.8. The van der Waals surface area contributed by atoms with Gasteiger partial charge in [-0.25, -0.2) is 4.98 Å². The Labute approximate surface area is 180 Å². The van der Waals surface area contributed by atoms with Gasteiger partial charge in [-0.2, -0.15) is 0 Å². The van der Waals surface area contributed by atoms with Gasteiger partial charge in [-0.05, 0) is 12.0 Å². The van der Waals surface area contributed by atoms with Crippen molar-refractivity contribution in [2.45, 2.75) is 32.2 Å². The Kier molecular flexibility index (Phi) is 6.49. The summed E-state index contributed by atoms with van der Waals surface area (Å²) in [6, 6.07) is 15.6. The molecule has 0 aliphatic carbocycles. The lowest BCUT2D eigenvalue weighted by Crippen LogP contribution is -2.18.